The summed E-state index contributed by atoms with van der Waals surface area (Å²) in [5.41, 5.74) is 6.13. The van der Waals surface area contributed by atoms with Gasteiger partial charge >= 0.3 is 0 Å². The van der Waals surface area contributed by atoms with Gasteiger partial charge in [-0.25, -0.2) is 9.13 Å². The average Bonchev–Trinajstić information content (AvgIpc) is 2.89. The van der Waals surface area contributed by atoms with Crippen molar-refractivity contribution in [1.82, 2.24) is 4.57 Å². The van der Waals surface area contributed by atoms with E-state index in [2.05, 4.69) is 61.1 Å². The minimum atomic E-state index is -0.572. The van der Waals surface area contributed by atoms with Gasteiger partial charge in [-0.15, -0.1) is 0 Å². The van der Waals surface area contributed by atoms with Crippen molar-refractivity contribution >= 4 is 11.0 Å². The predicted molar refractivity (Wildman–Crippen MR) is 105 cm³/mol. The van der Waals surface area contributed by atoms with Crippen LogP contribution in [-0.4, -0.2) is 22.4 Å². The summed E-state index contributed by atoms with van der Waals surface area (Å²) in [6.45, 7) is 9.36. The van der Waals surface area contributed by atoms with Crippen LogP contribution in [0, 0.1) is 13.8 Å². The van der Waals surface area contributed by atoms with Crippen molar-refractivity contribution in [2.75, 3.05) is 6.61 Å². The quantitative estimate of drug-likeness (QED) is 0.416. The molecule has 0 radical (unpaired) electrons. The number of aryl methyl sites for hydroxylation is 3. The second-order valence-electron chi connectivity index (χ2n) is 7.49. The summed E-state index contributed by atoms with van der Waals surface area (Å²) in [4.78, 5) is 0. The van der Waals surface area contributed by atoms with Crippen molar-refractivity contribution in [2.24, 2.45) is 7.05 Å². The van der Waals surface area contributed by atoms with Crippen LogP contribution in [0.15, 0.2) is 42.7 Å². The minimum Gasteiger partial charge on any atom is -1.00 e. The molecule has 1 atom stereocenters. The lowest BCUT2D eigenvalue weighted by atomic mass is 10.0. The molecule has 27 heavy (non-hydrogen) atoms. The molecule has 0 aliphatic heterocycles. The van der Waals surface area contributed by atoms with Gasteiger partial charge in [0.25, 0.3) is 0 Å². The summed E-state index contributed by atoms with van der Waals surface area (Å²) in [7, 11) is 2.03. The number of fused-ring (bicyclic) bond motifs is 1. The topological polar surface area (TPSA) is 38.3 Å². The smallest absolute Gasteiger partial charge is 0.244 e. The Morgan fingerprint density at radius 2 is 1.70 bits per heavy atom. The van der Waals surface area contributed by atoms with Crippen molar-refractivity contribution in [3.8, 4) is 5.75 Å². The molecule has 1 unspecified atom stereocenters. The Balaban J connectivity index is 0.00000261. The lowest BCUT2D eigenvalue weighted by molar-refractivity contribution is -0.645. The summed E-state index contributed by atoms with van der Waals surface area (Å²) < 4.78 is 9.96. The van der Waals surface area contributed by atoms with Crippen molar-refractivity contribution in [1.29, 1.82) is 0 Å². The van der Waals surface area contributed by atoms with Gasteiger partial charge in [0.2, 0.25) is 6.33 Å². The summed E-state index contributed by atoms with van der Waals surface area (Å²) >= 11 is 0. The number of rotatable bonds is 6. The second-order valence-corrected chi connectivity index (χ2v) is 7.49. The first-order valence-electron chi connectivity index (χ1n) is 9.21. The Kier molecular flexibility index (Phi) is 7.28. The number of ether oxygens (including phenoxy) is 1. The van der Waals surface area contributed by atoms with Crippen molar-refractivity contribution in [3.05, 3.63) is 59.4 Å². The molecule has 5 heteroatoms. The van der Waals surface area contributed by atoms with E-state index in [-0.39, 0.29) is 30.6 Å². The number of imidazole rings is 1. The molecule has 1 N–H and O–H groups in total. The standard InChI is InChI=1S/C22H29N2O2.HI/c1-15(2)18-6-8-20(9-7-18)26-13-19(25)12-24-14-23(5)21-10-16(3)17(4)11-22(21)24;/h6-11,14-15,19,25H,12-13H2,1-5H3;1H/q+1;/p-1. The number of aromatic nitrogens is 2. The van der Waals surface area contributed by atoms with Gasteiger partial charge in [-0.3, -0.25) is 0 Å². The highest BCUT2D eigenvalue weighted by Gasteiger charge is 2.18. The van der Waals surface area contributed by atoms with E-state index in [0.717, 1.165) is 11.3 Å². The maximum atomic E-state index is 10.4. The van der Waals surface area contributed by atoms with Crippen molar-refractivity contribution in [2.45, 2.75) is 46.3 Å². The fourth-order valence-electron chi connectivity index (χ4n) is 3.20. The number of halogens is 1. The molecule has 146 valence electrons. The van der Waals surface area contributed by atoms with Crippen LogP contribution in [0.3, 0.4) is 0 Å². The van der Waals surface area contributed by atoms with Gasteiger partial charge in [-0.1, -0.05) is 26.0 Å². The highest BCUT2D eigenvalue weighted by Crippen LogP contribution is 2.20. The van der Waals surface area contributed by atoms with Gasteiger partial charge in [-0.05, 0) is 60.7 Å². The van der Waals surface area contributed by atoms with Crippen LogP contribution in [0.25, 0.3) is 11.0 Å². The van der Waals surface area contributed by atoms with Gasteiger partial charge in [0.1, 0.15) is 25.0 Å². The van der Waals surface area contributed by atoms with Crippen LogP contribution in [0.2, 0.25) is 0 Å². The van der Waals surface area contributed by atoms with E-state index in [1.165, 1.54) is 22.2 Å². The Labute approximate surface area is 178 Å². The highest BCUT2D eigenvalue weighted by molar-refractivity contribution is 5.74. The molecule has 3 rings (SSSR count). The van der Waals surface area contributed by atoms with Crippen molar-refractivity contribution in [3.63, 3.8) is 0 Å². The Hall–Kier alpha value is -1.60. The lowest BCUT2D eigenvalue weighted by Crippen LogP contribution is -3.00. The zero-order valence-electron chi connectivity index (χ0n) is 16.7. The van der Waals surface area contributed by atoms with Crippen LogP contribution in [0.4, 0.5) is 0 Å². The van der Waals surface area contributed by atoms with Gasteiger partial charge < -0.3 is 33.8 Å². The van der Waals surface area contributed by atoms with E-state index in [4.69, 9.17) is 4.74 Å². The summed E-state index contributed by atoms with van der Waals surface area (Å²) in [6.07, 6.45) is 1.46. The molecule has 0 fully saturated rings. The number of aliphatic hydroxyl groups excluding tert-OH is 1. The molecule has 0 saturated heterocycles. The third-order valence-electron chi connectivity index (χ3n) is 4.99. The van der Waals surface area contributed by atoms with E-state index < -0.39 is 6.10 Å². The predicted octanol–water partition coefficient (Wildman–Crippen LogP) is 0.650. The highest BCUT2D eigenvalue weighted by atomic mass is 127. The average molecular weight is 480 g/mol. The van der Waals surface area contributed by atoms with Crippen LogP contribution >= 0.6 is 0 Å². The van der Waals surface area contributed by atoms with Crippen LogP contribution in [0.5, 0.6) is 5.75 Å². The Morgan fingerprint density at radius 3 is 2.33 bits per heavy atom. The third kappa shape index (κ3) is 5.02. The van der Waals surface area contributed by atoms with Crippen LogP contribution in [-0.2, 0) is 13.6 Å². The van der Waals surface area contributed by atoms with Gasteiger partial charge in [0.05, 0.1) is 7.05 Å². The van der Waals surface area contributed by atoms with Crippen LogP contribution in [0.1, 0.15) is 36.5 Å². The first-order valence-corrected chi connectivity index (χ1v) is 9.21. The van der Waals surface area contributed by atoms with Gasteiger partial charge in [-0.2, -0.15) is 0 Å². The lowest BCUT2D eigenvalue weighted by Gasteiger charge is -2.12. The molecule has 0 aliphatic carbocycles. The first-order chi connectivity index (χ1) is 12.3. The molecule has 1 aromatic heterocycles. The minimum absolute atomic E-state index is 0. The molecule has 2 aromatic carbocycles. The number of aliphatic hydroxyl groups is 1. The maximum Gasteiger partial charge on any atom is 0.244 e. The molecular weight excluding hydrogens is 451 g/mol. The largest absolute Gasteiger partial charge is 1.00 e. The summed E-state index contributed by atoms with van der Waals surface area (Å²) in [6, 6.07) is 12.5. The van der Waals surface area contributed by atoms with E-state index in [1.807, 2.05) is 25.5 Å². The number of nitrogens with zero attached hydrogens (tertiary/aromatic N) is 2. The molecule has 0 aliphatic rings. The monoisotopic (exact) mass is 480 g/mol. The summed E-state index contributed by atoms with van der Waals surface area (Å²) in [5.74, 6) is 1.30. The number of benzene rings is 2. The molecule has 0 saturated carbocycles. The van der Waals surface area contributed by atoms with E-state index in [9.17, 15) is 5.11 Å². The normalized spacial score (nSPS) is 12.3. The van der Waals surface area contributed by atoms with E-state index in [0.29, 0.717) is 12.5 Å². The third-order valence-corrected chi connectivity index (χ3v) is 4.99. The fourth-order valence-corrected chi connectivity index (χ4v) is 3.20. The van der Waals surface area contributed by atoms with Crippen LogP contribution < -0.4 is 33.3 Å². The zero-order chi connectivity index (χ0) is 18.8. The van der Waals surface area contributed by atoms with E-state index in [1.54, 1.807) is 0 Å². The van der Waals surface area contributed by atoms with Gasteiger partial charge in [0.15, 0.2) is 11.0 Å². The molecule has 3 aromatic rings. The Morgan fingerprint density at radius 1 is 1.07 bits per heavy atom. The SMILES string of the molecule is Cc1cc2c(cc1C)[n+](C)cn2CC(O)COc1ccc(C(C)C)cc1.[I-]. The zero-order valence-corrected chi connectivity index (χ0v) is 18.9. The maximum absolute atomic E-state index is 10.4. The molecule has 1 heterocycles. The summed E-state index contributed by atoms with van der Waals surface area (Å²) in [5, 5.41) is 10.4. The van der Waals surface area contributed by atoms with Gasteiger partial charge in [0, 0.05) is 0 Å². The Bertz CT molecular complexity index is 901. The van der Waals surface area contributed by atoms with Crippen molar-refractivity contribution < 1.29 is 38.4 Å². The molecule has 0 amide bonds. The molecule has 0 bridgehead atoms. The number of hydrogen-bond acceptors (Lipinski definition) is 2. The molecule has 4 nitrogen and oxygen atoms in total. The molecule has 0 spiro atoms. The number of hydrogen-bond donors (Lipinski definition) is 1. The molecular formula is C22H29IN2O2. The first kappa shape index (κ1) is 21.7. The second kappa shape index (κ2) is 9.06. The fraction of sp³-hybridized carbons (Fsp3) is 0.409. The van der Waals surface area contributed by atoms with E-state index >= 15 is 0 Å².